The Morgan fingerprint density at radius 2 is 1.93 bits per heavy atom. The first-order valence-electron chi connectivity index (χ1n) is 6.03. The van der Waals surface area contributed by atoms with Crippen molar-refractivity contribution < 1.29 is 0 Å². The number of hydrogen-bond acceptors (Lipinski definition) is 1. The Bertz CT molecular complexity index is 298. The van der Waals surface area contributed by atoms with E-state index in [0.29, 0.717) is 5.41 Å². The summed E-state index contributed by atoms with van der Waals surface area (Å²) in [7, 11) is 0. The summed E-state index contributed by atoms with van der Waals surface area (Å²) in [5.74, 6) is 0.892. The fourth-order valence-electron chi connectivity index (χ4n) is 2.91. The van der Waals surface area contributed by atoms with Gasteiger partial charge < -0.3 is 5.32 Å². The highest BCUT2D eigenvalue weighted by Gasteiger charge is 2.42. The lowest BCUT2D eigenvalue weighted by Gasteiger charge is -2.47. The predicted octanol–water partition coefficient (Wildman–Crippen LogP) is 2.96. The molecule has 0 radical (unpaired) electrons. The summed E-state index contributed by atoms with van der Waals surface area (Å²) in [5.41, 5.74) is 1.94. The molecule has 0 aliphatic heterocycles. The summed E-state index contributed by atoms with van der Waals surface area (Å²) in [4.78, 5) is 0. The van der Waals surface area contributed by atoms with Crippen molar-refractivity contribution in [2.45, 2.75) is 32.1 Å². The Balaban J connectivity index is 2.13. The van der Waals surface area contributed by atoms with Gasteiger partial charge in [0.05, 0.1) is 0 Å². The quantitative estimate of drug-likeness (QED) is 0.793. The molecule has 2 rings (SSSR count). The van der Waals surface area contributed by atoms with E-state index in [-0.39, 0.29) is 0 Å². The van der Waals surface area contributed by atoms with Crippen LogP contribution in [-0.4, -0.2) is 13.1 Å². The van der Waals surface area contributed by atoms with E-state index in [0.717, 1.165) is 19.0 Å². The smallest absolute Gasteiger partial charge is 0.00828 e. The van der Waals surface area contributed by atoms with Crippen LogP contribution in [0.4, 0.5) is 0 Å². The molecule has 1 saturated carbocycles. The highest BCUT2D eigenvalue weighted by Crippen LogP contribution is 2.47. The van der Waals surface area contributed by atoms with E-state index >= 15 is 0 Å². The molecule has 1 aromatic rings. The van der Waals surface area contributed by atoms with E-state index in [4.69, 9.17) is 0 Å². The number of hydrogen-bond donors (Lipinski definition) is 1. The summed E-state index contributed by atoms with van der Waals surface area (Å²) in [6, 6.07) is 11.0. The maximum atomic E-state index is 3.51. The number of likely N-dealkylation sites (N-methyl/N-ethyl adjacent to an activating group) is 1. The zero-order valence-electron chi connectivity index (χ0n) is 9.79. The molecule has 82 valence electrons. The van der Waals surface area contributed by atoms with Crippen LogP contribution in [0.25, 0.3) is 0 Å². The summed E-state index contributed by atoms with van der Waals surface area (Å²) < 4.78 is 0. The molecule has 1 aromatic carbocycles. The van der Waals surface area contributed by atoms with Crippen molar-refractivity contribution in [2.75, 3.05) is 13.1 Å². The fraction of sp³-hybridized carbons (Fsp3) is 0.571. The Morgan fingerprint density at radius 3 is 2.47 bits per heavy atom. The van der Waals surface area contributed by atoms with Crippen LogP contribution in [0.2, 0.25) is 0 Å². The minimum absolute atomic E-state index is 0.427. The Hall–Kier alpha value is -0.820. The van der Waals surface area contributed by atoms with Gasteiger partial charge in [0.25, 0.3) is 0 Å². The molecule has 1 aliphatic carbocycles. The Labute approximate surface area is 92.9 Å². The molecule has 1 heteroatoms. The van der Waals surface area contributed by atoms with Gasteiger partial charge in [0.15, 0.2) is 0 Å². The maximum Gasteiger partial charge on any atom is 0.00828 e. The van der Waals surface area contributed by atoms with E-state index in [1.54, 1.807) is 0 Å². The minimum Gasteiger partial charge on any atom is -0.316 e. The van der Waals surface area contributed by atoms with Crippen LogP contribution in [0.1, 0.15) is 32.3 Å². The first-order chi connectivity index (χ1) is 7.27. The molecule has 0 amide bonds. The van der Waals surface area contributed by atoms with E-state index < -0.39 is 0 Å². The van der Waals surface area contributed by atoms with Gasteiger partial charge in [-0.25, -0.2) is 0 Å². The zero-order chi connectivity index (χ0) is 10.7. The third-order valence-electron chi connectivity index (χ3n) is 3.58. The topological polar surface area (TPSA) is 12.0 Å². The van der Waals surface area contributed by atoms with E-state index in [2.05, 4.69) is 49.5 Å². The van der Waals surface area contributed by atoms with Crippen molar-refractivity contribution in [1.29, 1.82) is 0 Å². The van der Waals surface area contributed by atoms with Crippen molar-refractivity contribution >= 4 is 0 Å². The van der Waals surface area contributed by atoms with E-state index in [1.165, 1.54) is 18.4 Å². The molecule has 0 aromatic heterocycles. The van der Waals surface area contributed by atoms with Crippen LogP contribution in [0.5, 0.6) is 0 Å². The standard InChI is InChI=1S/C14H21N/c1-3-15-11-14(9-12(2)10-14)13-7-5-4-6-8-13/h4-8,12,15H,3,9-11H2,1-2H3. The largest absolute Gasteiger partial charge is 0.316 e. The molecular formula is C14H21N. The van der Waals surface area contributed by atoms with Gasteiger partial charge in [-0.3, -0.25) is 0 Å². The summed E-state index contributed by atoms with van der Waals surface area (Å²) in [6.07, 6.45) is 2.67. The molecular weight excluding hydrogens is 182 g/mol. The van der Waals surface area contributed by atoms with Crippen molar-refractivity contribution in [3.8, 4) is 0 Å². The highest BCUT2D eigenvalue weighted by molar-refractivity contribution is 5.29. The average molecular weight is 203 g/mol. The van der Waals surface area contributed by atoms with Crippen molar-refractivity contribution in [3.63, 3.8) is 0 Å². The highest BCUT2D eigenvalue weighted by atomic mass is 14.9. The van der Waals surface area contributed by atoms with Gasteiger partial charge in [-0.1, -0.05) is 44.2 Å². The van der Waals surface area contributed by atoms with Gasteiger partial charge in [0.2, 0.25) is 0 Å². The van der Waals surface area contributed by atoms with Crippen LogP contribution in [0.15, 0.2) is 30.3 Å². The molecule has 1 nitrogen and oxygen atoms in total. The van der Waals surface area contributed by atoms with Gasteiger partial charge in [0, 0.05) is 12.0 Å². The summed E-state index contributed by atoms with van der Waals surface area (Å²) in [5, 5.41) is 3.51. The molecule has 0 unspecified atom stereocenters. The predicted molar refractivity (Wildman–Crippen MR) is 65.1 cm³/mol. The van der Waals surface area contributed by atoms with Crippen LogP contribution < -0.4 is 5.32 Å². The lowest BCUT2D eigenvalue weighted by Crippen LogP contribution is -2.47. The molecule has 1 fully saturated rings. The zero-order valence-corrected chi connectivity index (χ0v) is 9.79. The van der Waals surface area contributed by atoms with Crippen LogP contribution in [-0.2, 0) is 5.41 Å². The lowest BCUT2D eigenvalue weighted by atomic mass is 9.59. The normalized spacial score (nSPS) is 29.9. The molecule has 0 heterocycles. The monoisotopic (exact) mass is 203 g/mol. The van der Waals surface area contributed by atoms with Gasteiger partial charge in [-0.05, 0) is 30.9 Å². The molecule has 1 N–H and O–H groups in total. The molecule has 0 spiro atoms. The van der Waals surface area contributed by atoms with E-state index in [1.807, 2.05) is 0 Å². The minimum atomic E-state index is 0.427. The van der Waals surface area contributed by atoms with Gasteiger partial charge >= 0.3 is 0 Å². The van der Waals surface area contributed by atoms with Gasteiger partial charge in [0.1, 0.15) is 0 Å². The van der Waals surface area contributed by atoms with Gasteiger partial charge in [-0.15, -0.1) is 0 Å². The van der Waals surface area contributed by atoms with Crippen molar-refractivity contribution in [2.24, 2.45) is 5.92 Å². The Morgan fingerprint density at radius 1 is 1.27 bits per heavy atom. The van der Waals surface area contributed by atoms with Crippen molar-refractivity contribution in [3.05, 3.63) is 35.9 Å². The van der Waals surface area contributed by atoms with Crippen molar-refractivity contribution in [1.82, 2.24) is 5.32 Å². The van der Waals surface area contributed by atoms with Crippen LogP contribution >= 0.6 is 0 Å². The molecule has 0 atom stereocenters. The maximum absolute atomic E-state index is 3.51. The summed E-state index contributed by atoms with van der Waals surface area (Å²) >= 11 is 0. The third kappa shape index (κ3) is 2.07. The second kappa shape index (κ2) is 4.36. The molecule has 1 aliphatic rings. The van der Waals surface area contributed by atoms with Crippen LogP contribution in [0, 0.1) is 5.92 Å². The molecule has 0 bridgehead atoms. The van der Waals surface area contributed by atoms with Gasteiger partial charge in [-0.2, -0.15) is 0 Å². The second-order valence-electron chi connectivity index (χ2n) is 4.94. The fourth-order valence-corrected chi connectivity index (χ4v) is 2.91. The van der Waals surface area contributed by atoms with E-state index in [9.17, 15) is 0 Å². The second-order valence-corrected chi connectivity index (χ2v) is 4.94. The lowest BCUT2D eigenvalue weighted by molar-refractivity contribution is 0.153. The summed E-state index contributed by atoms with van der Waals surface area (Å²) in [6.45, 7) is 6.74. The number of benzene rings is 1. The number of nitrogens with one attached hydrogen (secondary N) is 1. The SMILES string of the molecule is CCNCC1(c2ccccc2)CC(C)C1. The third-order valence-corrected chi connectivity index (χ3v) is 3.58. The first kappa shape index (κ1) is 10.7. The van der Waals surface area contributed by atoms with Crippen LogP contribution in [0.3, 0.4) is 0 Å². The molecule has 0 saturated heterocycles. The average Bonchev–Trinajstić information content (AvgIpc) is 2.24. The number of rotatable bonds is 4. The first-order valence-corrected chi connectivity index (χ1v) is 6.03. The Kier molecular flexibility index (Phi) is 3.11. The molecule has 15 heavy (non-hydrogen) atoms.